The second kappa shape index (κ2) is 5.32. The molecule has 1 aromatic carbocycles. The van der Waals surface area contributed by atoms with Crippen molar-refractivity contribution >= 4 is 5.97 Å². The molecular formula is C14H19NO2. The summed E-state index contributed by atoms with van der Waals surface area (Å²) in [5.41, 5.74) is 2.50. The van der Waals surface area contributed by atoms with Gasteiger partial charge in [-0.15, -0.1) is 0 Å². The van der Waals surface area contributed by atoms with Gasteiger partial charge in [0.2, 0.25) is 0 Å². The van der Waals surface area contributed by atoms with E-state index in [9.17, 15) is 4.79 Å². The average Bonchev–Trinajstić information content (AvgIpc) is 3.14. The number of aliphatic carboxylic acids is 1. The molecule has 0 heterocycles. The van der Waals surface area contributed by atoms with Gasteiger partial charge in [0.15, 0.2) is 0 Å². The minimum absolute atomic E-state index is 0.335. The van der Waals surface area contributed by atoms with E-state index in [0.29, 0.717) is 12.5 Å². The van der Waals surface area contributed by atoms with Crippen LogP contribution in [0.5, 0.6) is 0 Å². The maximum absolute atomic E-state index is 11.1. The molecule has 0 saturated heterocycles. The third-order valence-corrected chi connectivity index (χ3v) is 3.37. The van der Waals surface area contributed by atoms with E-state index in [-0.39, 0.29) is 6.04 Å². The van der Waals surface area contributed by atoms with E-state index in [1.807, 2.05) is 12.1 Å². The Bertz CT molecular complexity index is 399. The van der Waals surface area contributed by atoms with Crippen molar-refractivity contribution in [3.8, 4) is 0 Å². The van der Waals surface area contributed by atoms with Crippen molar-refractivity contribution in [2.75, 3.05) is 0 Å². The van der Waals surface area contributed by atoms with Gasteiger partial charge in [0, 0.05) is 6.54 Å². The van der Waals surface area contributed by atoms with Gasteiger partial charge in [0.25, 0.3) is 0 Å². The highest BCUT2D eigenvalue weighted by molar-refractivity contribution is 5.74. The first kappa shape index (κ1) is 12.1. The van der Waals surface area contributed by atoms with Gasteiger partial charge >= 0.3 is 5.97 Å². The van der Waals surface area contributed by atoms with E-state index in [2.05, 4.69) is 24.4 Å². The Morgan fingerprint density at radius 1 is 1.41 bits per heavy atom. The lowest BCUT2D eigenvalue weighted by molar-refractivity contribution is -0.140. The third kappa shape index (κ3) is 3.07. The second-order valence-corrected chi connectivity index (χ2v) is 4.66. The molecular weight excluding hydrogens is 214 g/mol. The van der Waals surface area contributed by atoms with Crippen molar-refractivity contribution in [1.29, 1.82) is 0 Å². The van der Waals surface area contributed by atoms with Gasteiger partial charge in [-0.25, -0.2) is 0 Å². The Morgan fingerprint density at radius 3 is 2.59 bits per heavy atom. The van der Waals surface area contributed by atoms with Gasteiger partial charge in [0.1, 0.15) is 6.04 Å². The van der Waals surface area contributed by atoms with E-state index in [4.69, 9.17) is 5.11 Å². The molecule has 17 heavy (non-hydrogen) atoms. The van der Waals surface area contributed by atoms with E-state index < -0.39 is 5.97 Å². The summed E-state index contributed by atoms with van der Waals surface area (Å²) in [5.74, 6) is -0.386. The number of nitrogens with one attached hydrogen (secondary N) is 1. The maximum Gasteiger partial charge on any atom is 0.320 e. The zero-order chi connectivity index (χ0) is 12.3. The SMILES string of the molecule is CCc1ccccc1CNC(C(=O)O)C1CC1. The summed E-state index contributed by atoms with van der Waals surface area (Å²) >= 11 is 0. The van der Waals surface area contributed by atoms with Crippen LogP contribution in [0.15, 0.2) is 24.3 Å². The number of carbonyl (C=O) groups is 1. The molecule has 0 spiro atoms. The van der Waals surface area contributed by atoms with Crippen LogP contribution in [-0.2, 0) is 17.8 Å². The number of hydrogen-bond donors (Lipinski definition) is 2. The van der Waals surface area contributed by atoms with Crippen LogP contribution in [0.2, 0.25) is 0 Å². The van der Waals surface area contributed by atoms with Crippen LogP contribution in [0.3, 0.4) is 0 Å². The Labute approximate surface area is 102 Å². The molecule has 2 rings (SSSR count). The fourth-order valence-corrected chi connectivity index (χ4v) is 2.18. The summed E-state index contributed by atoms with van der Waals surface area (Å²) in [6, 6.07) is 7.82. The van der Waals surface area contributed by atoms with Crippen molar-refractivity contribution in [3.63, 3.8) is 0 Å². The number of benzene rings is 1. The van der Waals surface area contributed by atoms with E-state index in [0.717, 1.165) is 19.3 Å². The first-order valence-corrected chi connectivity index (χ1v) is 6.25. The Hall–Kier alpha value is -1.35. The maximum atomic E-state index is 11.1. The second-order valence-electron chi connectivity index (χ2n) is 4.66. The monoisotopic (exact) mass is 233 g/mol. The fraction of sp³-hybridized carbons (Fsp3) is 0.500. The summed E-state index contributed by atoms with van der Waals surface area (Å²) in [6.45, 7) is 2.77. The molecule has 1 unspecified atom stereocenters. The lowest BCUT2D eigenvalue weighted by Crippen LogP contribution is -2.38. The van der Waals surface area contributed by atoms with E-state index in [1.54, 1.807) is 0 Å². The van der Waals surface area contributed by atoms with Crippen LogP contribution >= 0.6 is 0 Å². The van der Waals surface area contributed by atoms with Crippen molar-refractivity contribution < 1.29 is 9.90 Å². The molecule has 0 amide bonds. The van der Waals surface area contributed by atoms with E-state index in [1.165, 1.54) is 11.1 Å². The molecule has 3 nitrogen and oxygen atoms in total. The number of rotatable bonds is 6. The highest BCUT2D eigenvalue weighted by Crippen LogP contribution is 2.32. The van der Waals surface area contributed by atoms with Crippen LogP contribution in [0.1, 0.15) is 30.9 Å². The highest BCUT2D eigenvalue weighted by atomic mass is 16.4. The largest absolute Gasteiger partial charge is 0.480 e. The average molecular weight is 233 g/mol. The Balaban J connectivity index is 1.98. The molecule has 1 aromatic rings. The van der Waals surface area contributed by atoms with Crippen LogP contribution in [0.25, 0.3) is 0 Å². The predicted molar refractivity (Wildman–Crippen MR) is 66.8 cm³/mol. The number of carboxylic acids is 1. The normalized spacial score (nSPS) is 16.8. The number of aryl methyl sites for hydroxylation is 1. The quantitative estimate of drug-likeness (QED) is 0.792. The number of carboxylic acid groups (broad SMARTS) is 1. The minimum atomic E-state index is -0.721. The summed E-state index contributed by atoms with van der Waals surface area (Å²) in [5, 5.41) is 12.3. The lowest BCUT2D eigenvalue weighted by Gasteiger charge is -2.15. The first-order valence-electron chi connectivity index (χ1n) is 6.25. The van der Waals surface area contributed by atoms with Crippen LogP contribution in [0.4, 0.5) is 0 Å². The standard InChI is InChI=1S/C14H19NO2/c1-2-10-5-3-4-6-12(10)9-15-13(14(16)17)11-7-8-11/h3-6,11,13,15H,2,7-9H2,1H3,(H,16,17). The highest BCUT2D eigenvalue weighted by Gasteiger charge is 2.35. The van der Waals surface area contributed by atoms with Gasteiger partial charge in [-0.05, 0) is 36.3 Å². The minimum Gasteiger partial charge on any atom is -0.480 e. The van der Waals surface area contributed by atoms with Gasteiger partial charge < -0.3 is 10.4 Å². The van der Waals surface area contributed by atoms with Crippen LogP contribution in [0, 0.1) is 5.92 Å². The molecule has 1 fully saturated rings. The molecule has 1 atom stereocenters. The van der Waals surface area contributed by atoms with Crippen molar-refractivity contribution in [3.05, 3.63) is 35.4 Å². The molecule has 3 heteroatoms. The molecule has 2 N–H and O–H groups in total. The van der Waals surface area contributed by atoms with Gasteiger partial charge in [-0.3, -0.25) is 4.79 Å². The summed E-state index contributed by atoms with van der Waals surface area (Å²) < 4.78 is 0. The third-order valence-electron chi connectivity index (χ3n) is 3.37. The van der Waals surface area contributed by atoms with Crippen molar-refractivity contribution in [2.24, 2.45) is 5.92 Å². The molecule has 0 aromatic heterocycles. The summed E-state index contributed by atoms with van der Waals surface area (Å²) in [6.07, 6.45) is 3.07. The molecule has 1 aliphatic rings. The van der Waals surface area contributed by atoms with Gasteiger partial charge in [0.05, 0.1) is 0 Å². The summed E-state index contributed by atoms with van der Waals surface area (Å²) in [7, 11) is 0. The van der Waals surface area contributed by atoms with Gasteiger partial charge in [-0.1, -0.05) is 31.2 Å². The topological polar surface area (TPSA) is 49.3 Å². The zero-order valence-corrected chi connectivity index (χ0v) is 10.1. The van der Waals surface area contributed by atoms with Crippen molar-refractivity contribution in [1.82, 2.24) is 5.32 Å². The van der Waals surface area contributed by atoms with E-state index >= 15 is 0 Å². The lowest BCUT2D eigenvalue weighted by atomic mass is 10.0. The molecule has 1 aliphatic carbocycles. The Morgan fingerprint density at radius 2 is 2.06 bits per heavy atom. The first-order chi connectivity index (χ1) is 8.22. The molecule has 92 valence electrons. The molecule has 0 aliphatic heterocycles. The van der Waals surface area contributed by atoms with Crippen molar-refractivity contribution in [2.45, 2.75) is 38.8 Å². The van der Waals surface area contributed by atoms with Crippen LogP contribution in [-0.4, -0.2) is 17.1 Å². The van der Waals surface area contributed by atoms with Gasteiger partial charge in [-0.2, -0.15) is 0 Å². The predicted octanol–water partition coefficient (Wildman–Crippen LogP) is 2.20. The molecule has 0 radical (unpaired) electrons. The summed E-state index contributed by atoms with van der Waals surface area (Å²) in [4.78, 5) is 11.1. The number of hydrogen-bond acceptors (Lipinski definition) is 2. The zero-order valence-electron chi connectivity index (χ0n) is 10.1. The fourth-order valence-electron chi connectivity index (χ4n) is 2.18. The van der Waals surface area contributed by atoms with Crippen LogP contribution < -0.4 is 5.32 Å². The smallest absolute Gasteiger partial charge is 0.320 e. The molecule has 0 bridgehead atoms. The Kier molecular flexibility index (Phi) is 3.79. The molecule has 1 saturated carbocycles.